The Balaban J connectivity index is 3.07. The second-order valence-corrected chi connectivity index (χ2v) is 4.20. The lowest BCUT2D eigenvalue weighted by molar-refractivity contribution is 0.239. The molecule has 0 heterocycles. The van der Waals surface area contributed by atoms with Crippen molar-refractivity contribution in [3.8, 4) is 17.6 Å². The number of rotatable bonds is 6. The fraction of sp³-hybridized carbons (Fsp3) is 0.462. The smallest absolute Gasteiger partial charge is 0.184 e. The molecule has 0 aliphatic carbocycles. The Kier molecular flexibility index (Phi) is 5.76. The van der Waals surface area contributed by atoms with E-state index in [9.17, 15) is 0 Å². The van der Waals surface area contributed by atoms with Gasteiger partial charge < -0.3 is 15.2 Å². The van der Waals surface area contributed by atoms with Gasteiger partial charge in [0.05, 0.1) is 12.1 Å². The average molecular weight is 269 g/mol. The molecule has 2 N–H and O–H groups in total. The number of halogens is 1. The van der Waals surface area contributed by atoms with Crippen molar-refractivity contribution < 1.29 is 9.47 Å². The molecule has 0 radical (unpaired) electrons. The Bertz CT molecular complexity index is 443. The van der Waals surface area contributed by atoms with Gasteiger partial charge in [-0.3, -0.25) is 0 Å². The normalized spacial score (nSPS) is 11.7. The lowest BCUT2D eigenvalue weighted by Gasteiger charge is -2.16. The molecule has 4 nitrogen and oxygen atoms in total. The maximum Gasteiger partial charge on any atom is 0.184 e. The van der Waals surface area contributed by atoms with Crippen LogP contribution in [0.4, 0.5) is 0 Å². The van der Waals surface area contributed by atoms with Gasteiger partial charge in [-0.1, -0.05) is 18.5 Å². The minimum atomic E-state index is -0.531. The van der Waals surface area contributed by atoms with Crippen molar-refractivity contribution >= 4 is 11.6 Å². The van der Waals surface area contributed by atoms with Crippen LogP contribution in [0, 0.1) is 11.3 Å². The number of benzene rings is 1. The highest BCUT2D eigenvalue weighted by molar-refractivity contribution is 6.32. The molecule has 1 rings (SSSR count). The average Bonchev–Trinajstić information content (AvgIpc) is 2.37. The second-order valence-electron chi connectivity index (χ2n) is 3.79. The molecular formula is C13H17ClN2O2. The zero-order valence-electron chi connectivity index (χ0n) is 10.6. The third-order valence-electron chi connectivity index (χ3n) is 2.50. The van der Waals surface area contributed by atoms with Crippen molar-refractivity contribution in [2.45, 2.75) is 25.9 Å². The summed E-state index contributed by atoms with van der Waals surface area (Å²) in [5, 5.41) is 9.34. The molecule has 0 aliphatic heterocycles. The van der Waals surface area contributed by atoms with Gasteiger partial charge in [-0.25, -0.2) is 0 Å². The number of nitrogens with two attached hydrogens (primary N) is 1. The van der Waals surface area contributed by atoms with Crippen LogP contribution >= 0.6 is 11.6 Å². The largest absolute Gasteiger partial charge is 0.493 e. The van der Waals surface area contributed by atoms with Crippen molar-refractivity contribution in [3.63, 3.8) is 0 Å². The van der Waals surface area contributed by atoms with Crippen molar-refractivity contribution in [1.82, 2.24) is 0 Å². The molecule has 5 heteroatoms. The van der Waals surface area contributed by atoms with Gasteiger partial charge in [0.1, 0.15) is 6.07 Å². The molecule has 0 bridgehead atoms. The summed E-state index contributed by atoms with van der Waals surface area (Å²) in [5.74, 6) is 0.938. The summed E-state index contributed by atoms with van der Waals surface area (Å²) in [5.41, 5.74) is 6.49. The number of hydrogen-bond acceptors (Lipinski definition) is 4. The first-order valence-corrected chi connectivity index (χ1v) is 6.16. The van der Waals surface area contributed by atoms with E-state index in [0.29, 0.717) is 35.9 Å². The standard InChI is InChI=1S/C13H17ClN2O2/c1-3-10(8-16)18-13-11(14)6-9(4-5-15)7-12(13)17-2/h6-7,10H,3-5,15H2,1-2H3. The summed E-state index contributed by atoms with van der Waals surface area (Å²) in [7, 11) is 1.54. The predicted octanol–water partition coefficient (Wildman–Crippen LogP) is 2.53. The van der Waals surface area contributed by atoms with Crippen LogP contribution in [0.25, 0.3) is 0 Å². The van der Waals surface area contributed by atoms with Crippen molar-refractivity contribution in [1.29, 1.82) is 5.26 Å². The highest BCUT2D eigenvalue weighted by Crippen LogP contribution is 2.37. The first-order valence-electron chi connectivity index (χ1n) is 5.79. The molecule has 1 aromatic carbocycles. The van der Waals surface area contributed by atoms with Crippen LogP contribution in [-0.2, 0) is 6.42 Å². The minimum absolute atomic E-state index is 0.410. The van der Waals surface area contributed by atoms with Gasteiger partial charge in [0.2, 0.25) is 0 Å². The highest BCUT2D eigenvalue weighted by atomic mass is 35.5. The third kappa shape index (κ3) is 3.52. The Morgan fingerprint density at radius 3 is 2.72 bits per heavy atom. The summed E-state index contributed by atoms with van der Waals surface area (Å²) >= 11 is 6.15. The molecule has 98 valence electrons. The molecule has 18 heavy (non-hydrogen) atoms. The quantitative estimate of drug-likeness (QED) is 0.861. The summed E-state index contributed by atoms with van der Waals surface area (Å²) < 4.78 is 10.8. The number of methoxy groups -OCH3 is 1. The van der Waals surface area contributed by atoms with Gasteiger partial charge >= 0.3 is 0 Å². The number of hydrogen-bond donors (Lipinski definition) is 1. The monoisotopic (exact) mass is 268 g/mol. The molecule has 0 saturated heterocycles. The van der Waals surface area contributed by atoms with Gasteiger partial charge in [-0.2, -0.15) is 5.26 Å². The van der Waals surface area contributed by atoms with Crippen LogP contribution in [0.1, 0.15) is 18.9 Å². The summed E-state index contributed by atoms with van der Waals surface area (Å²) in [4.78, 5) is 0. The van der Waals surface area contributed by atoms with E-state index < -0.39 is 6.10 Å². The van der Waals surface area contributed by atoms with Gasteiger partial charge in [0, 0.05) is 0 Å². The lowest BCUT2D eigenvalue weighted by Crippen LogP contribution is -2.13. The number of nitrogens with zero attached hydrogens (tertiary/aromatic N) is 1. The van der Waals surface area contributed by atoms with Crippen LogP contribution in [0.2, 0.25) is 5.02 Å². The van der Waals surface area contributed by atoms with Gasteiger partial charge in [-0.05, 0) is 37.1 Å². The Morgan fingerprint density at radius 2 is 2.22 bits per heavy atom. The van der Waals surface area contributed by atoms with Crippen molar-refractivity contribution in [2.24, 2.45) is 5.73 Å². The van der Waals surface area contributed by atoms with E-state index in [1.165, 1.54) is 7.11 Å². The molecule has 0 amide bonds. The highest BCUT2D eigenvalue weighted by Gasteiger charge is 2.16. The van der Waals surface area contributed by atoms with E-state index in [1.807, 2.05) is 13.0 Å². The molecule has 0 spiro atoms. The number of ether oxygens (including phenoxy) is 2. The Labute approximate surface area is 112 Å². The Morgan fingerprint density at radius 1 is 1.50 bits per heavy atom. The van der Waals surface area contributed by atoms with E-state index in [2.05, 4.69) is 6.07 Å². The van der Waals surface area contributed by atoms with E-state index in [-0.39, 0.29) is 0 Å². The molecule has 0 aliphatic rings. The van der Waals surface area contributed by atoms with Crippen LogP contribution in [0.3, 0.4) is 0 Å². The SMILES string of the molecule is CCC(C#N)Oc1c(Cl)cc(CCN)cc1OC. The van der Waals surface area contributed by atoms with E-state index in [4.69, 9.17) is 32.1 Å². The maximum absolute atomic E-state index is 8.91. The van der Waals surface area contributed by atoms with Crippen LogP contribution in [0.5, 0.6) is 11.5 Å². The van der Waals surface area contributed by atoms with Crippen LogP contribution in [0.15, 0.2) is 12.1 Å². The lowest BCUT2D eigenvalue weighted by atomic mass is 10.1. The first-order chi connectivity index (χ1) is 8.65. The minimum Gasteiger partial charge on any atom is -0.493 e. The predicted molar refractivity (Wildman–Crippen MR) is 71.1 cm³/mol. The van der Waals surface area contributed by atoms with Gasteiger partial charge in [-0.15, -0.1) is 0 Å². The summed E-state index contributed by atoms with van der Waals surface area (Å²) in [6.45, 7) is 2.41. The molecular weight excluding hydrogens is 252 g/mol. The second kappa shape index (κ2) is 7.10. The molecule has 1 atom stereocenters. The zero-order chi connectivity index (χ0) is 13.5. The molecule has 1 aromatic rings. The van der Waals surface area contributed by atoms with Gasteiger partial charge in [0.15, 0.2) is 17.6 Å². The van der Waals surface area contributed by atoms with Gasteiger partial charge in [0.25, 0.3) is 0 Å². The topological polar surface area (TPSA) is 68.3 Å². The van der Waals surface area contributed by atoms with E-state index in [0.717, 1.165) is 5.56 Å². The first kappa shape index (κ1) is 14.6. The Hall–Kier alpha value is -1.44. The fourth-order valence-corrected chi connectivity index (χ4v) is 1.82. The summed E-state index contributed by atoms with van der Waals surface area (Å²) in [6, 6.07) is 5.68. The molecule has 0 saturated carbocycles. The maximum atomic E-state index is 8.91. The van der Waals surface area contributed by atoms with Crippen molar-refractivity contribution in [2.75, 3.05) is 13.7 Å². The van der Waals surface area contributed by atoms with E-state index >= 15 is 0 Å². The number of nitriles is 1. The van der Waals surface area contributed by atoms with E-state index in [1.54, 1.807) is 6.07 Å². The third-order valence-corrected chi connectivity index (χ3v) is 2.78. The zero-order valence-corrected chi connectivity index (χ0v) is 11.3. The van der Waals surface area contributed by atoms with Crippen molar-refractivity contribution in [3.05, 3.63) is 22.7 Å². The molecule has 1 unspecified atom stereocenters. The molecule has 0 fully saturated rings. The molecule has 0 aromatic heterocycles. The van der Waals surface area contributed by atoms with Crippen LogP contribution < -0.4 is 15.2 Å². The van der Waals surface area contributed by atoms with Crippen LogP contribution in [-0.4, -0.2) is 19.8 Å². The summed E-state index contributed by atoms with van der Waals surface area (Å²) in [6.07, 6.45) is 0.767. The fourth-order valence-electron chi connectivity index (χ4n) is 1.54.